The van der Waals surface area contributed by atoms with Gasteiger partial charge in [-0.25, -0.2) is 0 Å². The lowest BCUT2D eigenvalue weighted by Gasteiger charge is -2.34. The highest BCUT2D eigenvalue weighted by Gasteiger charge is 2.45. The Kier molecular flexibility index (Phi) is 5.87. The second-order valence-electron chi connectivity index (χ2n) is 9.55. The van der Waals surface area contributed by atoms with Gasteiger partial charge in [-0.3, -0.25) is 0 Å². The van der Waals surface area contributed by atoms with Crippen molar-refractivity contribution in [2.45, 2.75) is 38.1 Å². The average molecular weight is 467 g/mol. The van der Waals surface area contributed by atoms with Crippen molar-refractivity contribution in [2.75, 3.05) is 6.61 Å². The molecule has 1 aliphatic carbocycles. The molecular formula is C31H30O4. The zero-order valence-corrected chi connectivity index (χ0v) is 20.2. The Morgan fingerprint density at radius 2 is 1.17 bits per heavy atom. The number of benzene rings is 4. The Balaban J connectivity index is 1.71. The summed E-state index contributed by atoms with van der Waals surface area (Å²) < 4.78 is 11.5. The van der Waals surface area contributed by atoms with Gasteiger partial charge in [0.25, 0.3) is 0 Å². The molecule has 1 unspecified atom stereocenters. The molecule has 0 spiro atoms. The molecule has 0 saturated carbocycles. The van der Waals surface area contributed by atoms with Gasteiger partial charge in [-0.1, -0.05) is 72.8 Å². The van der Waals surface area contributed by atoms with E-state index in [1.807, 2.05) is 31.2 Å². The van der Waals surface area contributed by atoms with Gasteiger partial charge in [0.15, 0.2) is 0 Å². The number of rotatable bonds is 7. The van der Waals surface area contributed by atoms with Crippen molar-refractivity contribution in [3.63, 3.8) is 0 Å². The summed E-state index contributed by atoms with van der Waals surface area (Å²) in [6, 6.07) is 33.3. The van der Waals surface area contributed by atoms with Gasteiger partial charge >= 0.3 is 0 Å². The van der Waals surface area contributed by atoms with Crippen LogP contribution in [-0.4, -0.2) is 28.7 Å². The number of aliphatic hydroxyl groups excluding tert-OH is 1. The first-order chi connectivity index (χ1) is 16.8. The van der Waals surface area contributed by atoms with E-state index in [1.165, 1.54) is 22.3 Å². The zero-order valence-electron chi connectivity index (χ0n) is 20.2. The fourth-order valence-corrected chi connectivity index (χ4v) is 5.14. The summed E-state index contributed by atoms with van der Waals surface area (Å²) in [5, 5.41) is 19.5. The fourth-order valence-electron chi connectivity index (χ4n) is 5.14. The minimum Gasteiger partial charge on any atom is -0.488 e. The molecule has 0 aliphatic heterocycles. The van der Waals surface area contributed by atoms with Crippen molar-refractivity contribution in [2.24, 2.45) is 0 Å². The normalized spacial score (nSPS) is 14.7. The molecule has 4 aromatic rings. The largest absolute Gasteiger partial charge is 0.488 e. The number of hydrogen-bond donors (Lipinski definition) is 2. The SMILES string of the molecule is CC(CO)Oc1ccc(C2(c3ccc(OC(C)(C)O)cc3)c3ccccc3-c3ccccc32)cc1. The summed E-state index contributed by atoms with van der Waals surface area (Å²) in [7, 11) is 0. The highest BCUT2D eigenvalue weighted by Crippen LogP contribution is 2.56. The van der Waals surface area contributed by atoms with Crippen LogP contribution in [0.25, 0.3) is 11.1 Å². The van der Waals surface area contributed by atoms with E-state index in [0.717, 1.165) is 16.9 Å². The number of fused-ring (bicyclic) bond motifs is 3. The number of aliphatic hydroxyl groups is 2. The van der Waals surface area contributed by atoms with E-state index in [9.17, 15) is 10.2 Å². The topological polar surface area (TPSA) is 58.9 Å². The predicted octanol–water partition coefficient (Wildman–Crippen LogP) is 5.92. The molecule has 0 saturated heterocycles. The van der Waals surface area contributed by atoms with E-state index in [2.05, 4.69) is 72.8 Å². The molecule has 4 nitrogen and oxygen atoms in total. The molecule has 0 fully saturated rings. The Morgan fingerprint density at radius 3 is 1.63 bits per heavy atom. The minimum absolute atomic E-state index is 0.0362. The van der Waals surface area contributed by atoms with Crippen LogP contribution in [0.15, 0.2) is 97.1 Å². The van der Waals surface area contributed by atoms with Crippen molar-refractivity contribution in [1.82, 2.24) is 0 Å². The van der Waals surface area contributed by atoms with Crippen LogP contribution in [0, 0.1) is 0 Å². The van der Waals surface area contributed by atoms with Crippen LogP contribution in [0.1, 0.15) is 43.0 Å². The van der Waals surface area contributed by atoms with E-state index < -0.39 is 11.2 Å². The van der Waals surface area contributed by atoms with Crippen molar-refractivity contribution >= 4 is 0 Å². The van der Waals surface area contributed by atoms with Crippen LogP contribution < -0.4 is 9.47 Å². The Bertz CT molecular complexity index is 1270. The molecule has 1 atom stereocenters. The molecule has 0 amide bonds. The van der Waals surface area contributed by atoms with Gasteiger partial charge in [0.05, 0.1) is 12.0 Å². The third kappa shape index (κ3) is 4.09. The summed E-state index contributed by atoms with van der Waals surface area (Å²) in [6.45, 7) is 5.04. The van der Waals surface area contributed by atoms with Gasteiger partial charge in [0, 0.05) is 13.8 Å². The molecule has 0 aromatic heterocycles. The van der Waals surface area contributed by atoms with Crippen molar-refractivity contribution in [3.05, 3.63) is 119 Å². The van der Waals surface area contributed by atoms with Gasteiger partial charge in [0.2, 0.25) is 5.79 Å². The van der Waals surface area contributed by atoms with Gasteiger partial charge < -0.3 is 19.7 Å². The maximum atomic E-state index is 10.1. The van der Waals surface area contributed by atoms with Crippen LogP contribution in [-0.2, 0) is 5.41 Å². The van der Waals surface area contributed by atoms with E-state index >= 15 is 0 Å². The fraction of sp³-hybridized carbons (Fsp3) is 0.226. The van der Waals surface area contributed by atoms with Crippen LogP contribution in [0.5, 0.6) is 11.5 Å². The van der Waals surface area contributed by atoms with Crippen molar-refractivity contribution in [3.8, 4) is 22.6 Å². The molecule has 0 heterocycles. The summed E-state index contributed by atoms with van der Waals surface area (Å²) in [5.74, 6) is 0.0736. The Morgan fingerprint density at radius 1 is 0.714 bits per heavy atom. The second kappa shape index (κ2) is 8.88. The molecule has 0 bridgehead atoms. The third-order valence-corrected chi connectivity index (χ3v) is 6.49. The zero-order chi connectivity index (χ0) is 24.6. The molecular weight excluding hydrogens is 436 g/mol. The molecule has 2 N–H and O–H groups in total. The molecule has 5 rings (SSSR count). The maximum Gasteiger partial charge on any atom is 0.202 e. The van der Waals surface area contributed by atoms with E-state index in [1.54, 1.807) is 13.8 Å². The highest BCUT2D eigenvalue weighted by molar-refractivity contribution is 5.86. The predicted molar refractivity (Wildman–Crippen MR) is 138 cm³/mol. The van der Waals surface area contributed by atoms with Gasteiger partial charge in [-0.05, 0) is 64.6 Å². The van der Waals surface area contributed by atoms with E-state index in [-0.39, 0.29) is 12.7 Å². The summed E-state index contributed by atoms with van der Waals surface area (Å²) in [6.07, 6.45) is -0.272. The number of ether oxygens (including phenoxy) is 2. The minimum atomic E-state index is -1.26. The van der Waals surface area contributed by atoms with Crippen molar-refractivity contribution in [1.29, 1.82) is 0 Å². The van der Waals surface area contributed by atoms with Crippen LogP contribution in [0.3, 0.4) is 0 Å². The monoisotopic (exact) mass is 466 g/mol. The maximum absolute atomic E-state index is 10.1. The van der Waals surface area contributed by atoms with Gasteiger partial charge in [-0.15, -0.1) is 0 Å². The smallest absolute Gasteiger partial charge is 0.202 e. The average Bonchev–Trinajstić information content (AvgIpc) is 3.15. The lowest BCUT2D eigenvalue weighted by atomic mass is 9.68. The standard InChI is InChI=1S/C31H30O4/c1-21(20-32)34-24-16-12-22(13-17-24)31(23-14-18-25(19-15-23)35-30(2,3)33)28-10-6-4-8-26(28)27-9-5-7-11-29(27)31/h4-19,21,32-33H,20H2,1-3H3. The second-order valence-corrected chi connectivity index (χ2v) is 9.55. The van der Waals surface area contributed by atoms with Gasteiger partial charge in [0.1, 0.15) is 17.6 Å². The quantitative estimate of drug-likeness (QED) is 0.293. The molecule has 0 radical (unpaired) electrons. The molecule has 35 heavy (non-hydrogen) atoms. The van der Waals surface area contributed by atoms with E-state index in [4.69, 9.17) is 9.47 Å². The summed E-state index contributed by atoms with van der Waals surface area (Å²) in [5.41, 5.74) is 6.57. The molecule has 178 valence electrons. The molecule has 1 aliphatic rings. The van der Waals surface area contributed by atoms with Crippen LogP contribution in [0.4, 0.5) is 0 Å². The molecule has 4 heteroatoms. The first-order valence-electron chi connectivity index (χ1n) is 11.9. The van der Waals surface area contributed by atoms with Crippen molar-refractivity contribution < 1.29 is 19.7 Å². The van der Waals surface area contributed by atoms with Crippen LogP contribution in [0.2, 0.25) is 0 Å². The van der Waals surface area contributed by atoms with E-state index in [0.29, 0.717) is 5.75 Å². The first kappa shape index (κ1) is 23.2. The summed E-state index contributed by atoms with van der Waals surface area (Å²) in [4.78, 5) is 0. The summed E-state index contributed by atoms with van der Waals surface area (Å²) >= 11 is 0. The third-order valence-electron chi connectivity index (χ3n) is 6.49. The first-order valence-corrected chi connectivity index (χ1v) is 11.9. The highest BCUT2D eigenvalue weighted by atomic mass is 16.6. The van der Waals surface area contributed by atoms with Gasteiger partial charge in [-0.2, -0.15) is 0 Å². The lowest BCUT2D eigenvalue weighted by Crippen LogP contribution is -2.29. The molecule has 4 aromatic carbocycles. The lowest BCUT2D eigenvalue weighted by molar-refractivity contribution is -0.104. The number of hydrogen-bond acceptors (Lipinski definition) is 4. The Labute approximate surface area is 206 Å². The van der Waals surface area contributed by atoms with Crippen LogP contribution >= 0.6 is 0 Å². The Hall–Kier alpha value is -3.60.